The van der Waals surface area contributed by atoms with Crippen molar-refractivity contribution in [2.45, 2.75) is 13.5 Å². The Hall–Kier alpha value is -2.53. The van der Waals surface area contributed by atoms with Gasteiger partial charge in [-0.3, -0.25) is 4.79 Å². The van der Waals surface area contributed by atoms with E-state index in [-0.39, 0.29) is 18.3 Å². The second-order valence-electron chi connectivity index (χ2n) is 5.31. The minimum atomic E-state index is -0.309. The number of rotatable bonds is 5. The summed E-state index contributed by atoms with van der Waals surface area (Å²) >= 11 is 3.45. The largest absolute Gasteiger partial charge is 0.489 e. The van der Waals surface area contributed by atoms with Gasteiger partial charge in [-0.15, -0.1) is 0 Å². The molecule has 0 atom stereocenters. The normalized spacial score (nSPS) is 10.4. The van der Waals surface area contributed by atoms with E-state index >= 15 is 0 Å². The topological polar surface area (TPSA) is 51.5 Å². The van der Waals surface area contributed by atoms with Crippen LogP contribution in [0, 0.1) is 6.92 Å². The molecule has 2 aromatic carbocycles. The standard InChI is InChI=1S/C19H16BrNO3/c1-13-7-8-17(16(20)11-13)21-19(22)18-14(9-10-23-18)12-24-15-5-3-2-4-6-15/h2-11H,12H2,1H3,(H,21,22). The van der Waals surface area contributed by atoms with Crippen LogP contribution in [0.4, 0.5) is 5.69 Å². The number of para-hydroxylation sites is 1. The van der Waals surface area contributed by atoms with Crippen LogP contribution in [0.15, 0.2) is 69.8 Å². The SMILES string of the molecule is Cc1ccc(NC(=O)c2occc2COc2ccccc2)c(Br)c1. The van der Waals surface area contributed by atoms with E-state index in [0.29, 0.717) is 11.3 Å². The van der Waals surface area contributed by atoms with Gasteiger partial charge < -0.3 is 14.5 Å². The van der Waals surface area contributed by atoms with Crippen molar-refractivity contribution in [3.63, 3.8) is 0 Å². The molecule has 5 heteroatoms. The monoisotopic (exact) mass is 385 g/mol. The molecular formula is C19H16BrNO3. The lowest BCUT2D eigenvalue weighted by Gasteiger charge is -2.09. The third-order valence-electron chi connectivity index (χ3n) is 3.46. The van der Waals surface area contributed by atoms with Gasteiger partial charge in [-0.05, 0) is 58.7 Å². The Balaban J connectivity index is 1.71. The number of hydrogen-bond donors (Lipinski definition) is 1. The minimum absolute atomic E-state index is 0.249. The molecule has 4 nitrogen and oxygen atoms in total. The van der Waals surface area contributed by atoms with Gasteiger partial charge in [0.25, 0.3) is 5.91 Å². The first kappa shape index (κ1) is 16.3. The maximum absolute atomic E-state index is 12.5. The fraction of sp³-hybridized carbons (Fsp3) is 0.105. The van der Waals surface area contributed by atoms with Crippen LogP contribution in [0.25, 0.3) is 0 Å². The highest BCUT2D eigenvalue weighted by Gasteiger charge is 2.17. The fourth-order valence-corrected chi connectivity index (χ4v) is 2.82. The number of benzene rings is 2. The molecular weight excluding hydrogens is 370 g/mol. The average Bonchev–Trinajstić information content (AvgIpc) is 3.05. The van der Waals surface area contributed by atoms with Crippen molar-refractivity contribution in [3.8, 4) is 5.75 Å². The van der Waals surface area contributed by atoms with Crippen molar-refractivity contribution in [2.75, 3.05) is 5.32 Å². The van der Waals surface area contributed by atoms with Crippen LogP contribution in [0.5, 0.6) is 5.75 Å². The Bertz CT molecular complexity index is 843. The van der Waals surface area contributed by atoms with Crippen LogP contribution >= 0.6 is 15.9 Å². The quantitative estimate of drug-likeness (QED) is 0.657. The molecule has 0 saturated carbocycles. The van der Waals surface area contributed by atoms with E-state index in [2.05, 4.69) is 21.2 Å². The summed E-state index contributed by atoms with van der Waals surface area (Å²) in [5.74, 6) is 0.681. The molecule has 0 fully saturated rings. The van der Waals surface area contributed by atoms with Crippen LogP contribution in [-0.2, 0) is 6.61 Å². The second kappa shape index (κ2) is 7.36. The van der Waals surface area contributed by atoms with Gasteiger partial charge in [-0.25, -0.2) is 0 Å². The molecule has 3 rings (SSSR count). The number of carbonyl (C=O) groups excluding carboxylic acids is 1. The van der Waals surface area contributed by atoms with E-state index in [4.69, 9.17) is 9.15 Å². The summed E-state index contributed by atoms with van der Waals surface area (Å²) in [7, 11) is 0. The van der Waals surface area contributed by atoms with Crippen molar-refractivity contribution in [1.29, 1.82) is 0 Å². The zero-order valence-corrected chi connectivity index (χ0v) is 14.7. The number of furan rings is 1. The Labute approximate surface area is 148 Å². The summed E-state index contributed by atoms with van der Waals surface area (Å²) in [5.41, 5.74) is 2.49. The van der Waals surface area contributed by atoms with E-state index in [0.717, 1.165) is 15.8 Å². The van der Waals surface area contributed by atoms with Crippen molar-refractivity contribution in [3.05, 3.63) is 82.2 Å². The average molecular weight is 386 g/mol. The maximum atomic E-state index is 12.5. The first-order chi connectivity index (χ1) is 11.6. The molecule has 1 aromatic heterocycles. The highest BCUT2D eigenvalue weighted by Crippen LogP contribution is 2.25. The van der Waals surface area contributed by atoms with E-state index in [1.165, 1.54) is 6.26 Å². The predicted molar refractivity (Wildman–Crippen MR) is 96.3 cm³/mol. The summed E-state index contributed by atoms with van der Waals surface area (Å²) in [6.07, 6.45) is 1.49. The molecule has 0 unspecified atom stereocenters. The molecule has 0 aliphatic rings. The minimum Gasteiger partial charge on any atom is -0.489 e. The number of ether oxygens (including phenoxy) is 1. The first-order valence-corrected chi connectivity index (χ1v) is 8.24. The molecule has 0 spiro atoms. The van der Waals surface area contributed by atoms with Crippen LogP contribution in [0.3, 0.4) is 0 Å². The summed E-state index contributed by atoms with van der Waals surface area (Å²) in [6.45, 7) is 2.25. The highest BCUT2D eigenvalue weighted by molar-refractivity contribution is 9.10. The Morgan fingerprint density at radius 3 is 2.71 bits per heavy atom. The third-order valence-corrected chi connectivity index (χ3v) is 4.12. The van der Waals surface area contributed by atoms with Crippen molar-refractivity contribution in [2.24, 2.45) is 0 Å². The second-order valence-corrected chi connectivity index (χ2v) is 6.17. The molecule has 0 aliphatic carbocycles. The lowest BCUT2D eigenvalue weighted by Crippen LogP contribution is -2.14. The number of carbonyl (C=O) groups is 1. The number of hydrogen-bond acceptors (Lipinski definition) is 3. The van der Waals surface area contributed by atoms with Gasteiger partial charge in [-0.2, -0.15) is 0 Å². The lowest BCUT2D eigenvalue weighted by atomic mass is 10.2. The van der Waals surface area contributed by atoms with Crippen molar-refractivity contribution in [1.82, 2.24) is 0 Å². The van der Waals surface area contributed by atoms with Crippen LogP contribution in [0.2, 0.25) is 0 Å². The van der Waals surface area contributed by atoms with Crippen molar-refractivity contribution < 1.29 is 13.9 Å². The molecule has 122 valence electrons. The van der Waals surface area contributed by atoms with Crippen molar-refractivity contribution >= 4 is 27.5 Å². The predicted octanol–water partition coefficient (Wildman–Crippen LogP) is 5.18. The Morgan fingerprint density at radius 1 is 1.17 bits per heavy atom. The summed E-state index contributed by atoms with van der Waals surface area (Å²) in [5, 5.41) is 2.84. The molecule has 1 heterocycles. The van der Waals surface area contributed by atoms with Gasteiger partial charge in [0.2, 0.25) is 0 Å². The molecule has 0 bridgehead atoms. The summed E-state index contributed by atoms with van der Waals surface area (Å²) < 4.78 is 11.8. The molecule has 0 radical (unpaired) electrons. The Kier molecular flexibility index (Phi) is 5.01. The lowest BCUT2D eigenvalue weighted by molar-refractivity contribution is 0.0993. The van der Waals surface area contributed by atoms with Gasteiger partial charge in [0.05, 0.1) is 12.0 Å². The molecule has 1 amide bonds. The number of anilines is 1. The smallest absolute Gasteiger partial charge is 0.291 e. The van der Waals surface area contributed by atoms with E-state index in [1.54, 1.807) is 6.07 Å². The van der Waals surface area contributed by atoms with E-state index in [9.17, 15) is 4.79 Å². The summed E-state index contributed by atoms with van der Waals surface area (Å²) in [6, 6.07) is 16.9. The van der Waals surface area contributed by atoms with E-state index in [1.807, 2.05) is 55.5 Å². The molecule has 0 aliphatic heterocycles. The maximum Gasteiger partial charge on any atom is 0.291 e. The third kappa shape index (κ3) is 3.86. The first-order valence-electron chi connectivity index (χ1n) is 7.45. The number of aryl methyl sites for hydroxylation is 1. The van der Waals surface area contributed by atoms with Crippen LogP contribution in [-0.4, -0.2) is 5.91 Å². The van der Waals surface area contributed by atoms with E-state index < -0.39 is 0 Å². The molecule has 1 N–H and O–H groups in total. The number of amides is 1. The van der Waals surface area contributed by atoms with Gasteiger partial charge in [-0.1, -0.05) is 24.3 Å². The zero-order valence-electron chi connectivity index (χ0n) is 13.1. The number of halogens is 1. The molecule has 3 aromatic rings. The highest BCUT2D eigenvalue weighted by atomic mass is 79.9. The van der Waals surface area contributed by atoms with Crippen LogP contribution in [0.1, 0.15) is 21.7 Å². The van der Waals surface area contributed by atoms with Crippen LogP contribution < -0.4 is 10.1 Å². The molecule has 24 heavy (non-hydrogen) atoms. The molecule has 0 saturated heterocycles. The van der Waals surface area contributed by atoms with Gasteiger partial charge >= 0.3 is 0 Å². The zero-order chi connectivity index (χ0) is 16.9. The number of nitrogens with one attached hydrogen (secondary N) is 1. The Morgan fingerprint density at radius 2 is 1.96 bits per heavy atom. The summed E-state index contributed by atoms with van der Waals surface area (Å²) in [4.78, 5) is 12.5. The van der Waals surface area contributed by atoms with Gasteiger partial charge in [0, 0.05) is 10.0 Å². The fourth-order valence-electron chi connectivity index (χ4n) is 2.23. The van der Waals surface area contributed by atoms with Gasteiger partial charge in [0.1, 0.15) is 12.4 Å². The van der Waals surface area contributed by atoms with Gasteiger partial charge in [0.15, 0.2) is 5.76 Å².